The van der Waals surface area contributed by atoms with Crippen LogP contribution in [0.4, 0.5) is 0 Å². The van der Waals surface area contributed by atoms with Crippen LogP contribution >= 0.6 is 26.8 Å². The minimum atomic E-state index is -0.556. The van der Waals surface area contributed by atoms with Crippen molar-refractivity contribution in [2.45, 2.75) is 0 Å². The number of hydrogen-bond donors (Lipinski definition) is 0. The van der Waals surface area contributed by atoms with E-state index in [1.54, 1.807) is 0 Å². The van der Waals surface area contributed by atoms with Gasteiger partial charge in [0.15, 0.2) is 0 Å². The molecule has 0 bridgehead atoms. The minimum absolute atomic E-state index is 0.556. The zero-order chi connectivity index (χ0) is 6.24. The van der Waals surface area contributed by atoms with Gasteiger partial charge in [0.25, 0.3) is 0 Å². The molecule has 1 aromatic heterocycles. The molecule has 4 heteroatoms. The smallest absolute Gasteiger partial charge is 0.163 e. The van der Waals surface area contributed by atoms with Gasteiger partial charge in [-0.3, -0.25) is 8.19 Å². The van der Waals surface area contributed by atoms with E-state index in [4.69, 9.17) is 18.6 Å². The molecule has 0 aromatic carbocycles. The third-order valence-electron chi connectivity index (χ3n) is 0.442. The molecule has 1 heterocycles. The number of hydrogen-bond acceptors (Lipinski definition) is 0. The molecule has 0 N–H and O–H groups in total. The molecule has 0 radical (unpaired) electrons. The Bertz CT molecular complexity index is 80.9. The van der Waals surface area contributed by atoms with Crippen LogP contribution in [0.15, 0.2) is 17.9 Å². The Morgan fingerprint density at radius 1 is 1.50 bits per heavy atom. The average molecular weight is 202 g/mol. The predicted octanol–water partition coefficient (Wildman–Crippen LogP) is 2.89. The molecule has 44 valence electrons. The van der Waals surface area contributed by atoms with Crippen molar-refractivity contribution < 1.29 is 17.0 Å². The van der Waals surface area contributed by atoms with Crippen LogP contribution in [0.25, 0.3) is 0 Å². The van der Waals surface area contributed by atoms with Gasteiger partial charge in [-0.25, -0.2) is 6.07 Å². The van der Waals surface area contributed by atoms with E-state index in [2.05, 4.69) is 11.6 Å². The van der Waals surface area contributed by atoms with Gasteiger partial charge in [0.2, 0.25) is 0 Å². The molecule has 8 heavy (non-hydrogen) atoms. The maximum atomic E-state index is 4.89. The second kappa shape index (κ2) is 8.07. The fourth-order valence-electron chi connectivity index (χ4n) is 0.241. The van der Waals surface area contributed by atoms with Crippen molar-refractivity contribution in [1.82, 2.24) is 0 Å². The molecule has 1 atom stereocenters. The normalized spacial score (nSPS) is 7.75. The van der Waals surface area contributed by atoms with E-state index in [1.807, 2.05) is 12.1 Å². The first kappa shape index (κ1) is 9.07. The second-order valence-corrected chi connectivity index (χ2v) is 4.38. The summed E-state index contributed by atoms with van der Waals surface area (Å²) in [4.78, 5) is 0. The van der Waals surface area contributed by atoms with E-state index >= 15 is 0 Å². The maximum Gasteiger partial charge on any atom is -0.163 e. The van der Waals surface area contributed by atoms with Gasteiger partial charge in [0.1, 0.15) is 0 Å². The Balaban J connectivity index is 0.000000145. The Labute approximate surface area is 67.3 Å². The van der Waals surface area contributed by atoms with Crippen molar-refractivity contribution in [3.63, 3.8) is 0 Å². The topological polar surface area (TPSA) is 0 Å². The van der Waals surface area contributed by atoms with Gasteiger partial charge in [0, 0.05) is 0 Å². The van der Waals surface area contributed by atoms with Gasteiger partial charge in [0.05, 0.1) is 0 Å². The predicted molar refractivity (Wildman–Crippen MR) is 36.5 cm³/mol. The van der Waals surface area contributed by atoms with E-state index in [9.17, 15) is 0 Å². The van der Waals surface area contributed by atoms with Crippen LogP contribution < -0.4 is 0 Å². The van der Waals surface area contributed by atoms with Crippen molar-refractivity contribution in [2.24, 2.45) is 0 Å². The molecule has 0 aliphatic carbocycles. The summed E-state index contributed by atoms with van der Waals surface area (Å²) in [5.41, 5.74) is 0. The molecular formula is C4H4Cl2PTi-. The Hall–Kier alpha value is 1.07. The average Bonchev–Trinajstić information content (AvgIpc) is 2.17. The summed E-state index contributed by atoms with van der Waals surface area (Å²) in [6, 6.07) is 3.96. The van der Waals surface area contributed by atoms with Gasteiger partial charge in [-0.2, -0.15) is 17.7 Å². The molecule has 0 nitrogen and oxygen atoms in total. The van der Waals surface area contributed by atoms with Gasteiger partial charge >= 0.3 is 35.6 Å². The third-order valence-corrected chi connectivity index (χ3v) is 1.13. The summed E-state index contributed by atoms with van der Waals surface area (Å²) in [5.74, 6) is 5.11. The summed E-state index contributed by atoms with van der Waals surface area (Å²) in [5, 5.41) is 0. The van der Waals surface area contributed by atoms with E-state index in [-0.39, 0.29) is 0 Å². The Morgan fingerprint density at radius 2 is 2.12 bits per heavy atom. The first-order valence-electron chi connectivity index (χ1n) is 1.87. The van der Waals surface area contributed by atoms with Crippen molar-refractivity contribution in [1.29, 1.82) is 0 Å². The van der Waals surface area contributed by atoms with Gasteiger partial charge in [-0.1, -0.05) is 0 Å². The van der Waals surface area contributed by atoms with Crippen LogP contribution in [0.2, 0.25) is 0 Å². The van der Waals surface area contributed by atoms with E-state index in [0.29, 0.717) is 0 Å². The van der Waals surface area contributed by atoms with Gasteiger partial charge in [-0.15, -0.1) is 0 Å². The molecule has 1 unspecified atom stereocenters. The first-order valence-corrected chi connectivity index (χ1v) is 7.25. The van der Waals surface area contributed by atoms with Crippen LogP contribution in [-0.4, -0.2) is 0 Å². The second-order valence-electron chi connectivity index (χ2n) is 0.886. The molecule has 1 rings (SSSR count). The zero-order valence-corrected chi connectivity index (χ0v) is 8.06. The van der Waals surface area contributed by atoms with Gasteiger partial charge < -0.3 is 0 Å². The minimum Gasteiger partial charge on any atom is -0.271 e. The Morgan fingerprint density at radius 3 is 2.25 bits per heavy atom. The summed E-state index contributed by atoms with van der Waals surface area (Å²) in [6.07, 6.45) is 0. The molecule has 0 aliphatic heterocycles. The van der Waals surface area contributed by atoms with Crippen LogP contribution in [0.5, 0.6) is 0 Å². The summed E-state index contributed by atoms with van der Waals surface area (Å²) < 4.78 is 0. The monoisotopic (exact) mass is 201 g/mol. The summed E-state index contributed by atoms with van der Waals surface area (Å²) >= 11 is -0.556. The standard InChI is InChI=1S/C4H4P.2ClH.Ti/c1-2-4-5-3-1;;;/h1-3,5H;2*1H;/q-1;;;+2/p-2. The SMILES string of the molecule is [Cl][Ti][Cl].[c-]1ccc[pH]1. The Kier molecular flexibility index (Phi) is 9.16. The van der Waals surface area contributed by atoms with Crippen LogP contribution in [-0.2, 0) is 17.0 Å². The third kappa shape index (κ3) is 7.07. The van der Waals surface area contributed by atoms with Crippen molar-refractivity contribution in [3.05, 3.63) is 23.7 Å². The quantitative estimate of drug-likeness (QED) is 0.448. The molecule has 0 saturated carbocycles. The van der Waals surface area contributed by atoms with Crippen LogP contribution in [0, 0.1) is 5.80 Å². The first-order chi connectivity index (χ1) is 3.91. The molecule has 0 aliphatic rings. The van der Waals surface area contributed by atoms with Crippen molar-refractivity contribution >= 4 is 26.8 Å². The maximum absolute atomic E-state index is 4.89. The van der Waals surface area contributed by atoms with Crippen LogP contribution in [0.1, 0.15) is 0 Å². The fraction of sp³-hybridized carbons (Fsp3) is 0. The number of rotatable bonds is 0. The largest absolute Gasteiger partial charge is 0.271 e. The summed E-state index contributed by atoms with van der Waals surface area (Å²) in [7, 11) is 10.6. The van der Waals surface area contributed by atoms with Gasteiger partial charge in [-0.05, 0) is 0 Å². The zero-order valence-electron chi connectivity index (χ0n) is 3.99. The fourth-order valence-corrected chi connectivity index (χ4v) is 0.722. The molecule has 0 spiro atoms. The molecule has 0 saturated heterocycles. The number of halogens is 2. The molecule has 0 fully saturated rings. The van der Waals surface area contributed by atoms with Crippen molar-refractivity contribution in [2.75, 3.05) is 0 Å². The van der Waals surface area contributed by atoms with E-state index in [0.717, 1.165) is 8.19 Å². The summed E-state index contributed by atoms with van der Waals surface area (Å²) in [6.45, 7) is 0. The van der Waals surface area contributed by atoms with Crippen LogP contribution in [0.3, 0.4) is 0 Å². The molecular weight excluding hydrogens is 198 g/mol. The molecule has 1 aromatic rings. The van der Waals surface area contributed by atoms with E-state index < -0.39 is 17.0 Å². The van der Waals surface area contributed by atoms with Crippen molar-refractivity contribution in [3.8, 4) is 0 Å². The molecule has 0 amide bonds. The van der Waals surface area contributed by atoms with E-state index in [1.165, 1.54) is 0 Å².